The van der Waals surface area contributed by atoms with Crippen LogP contribution in [0, 0.1) is 0 Å². The van der Waals surface area contributed by atoms with Crippen LogP contribution in [0.2, 0.25) is 0 Å². The summed E-state index contributed by atoms with van der Waals surface area (Å²) in [5, 5.41) is 17.4. The minimum atomic E-state index is -1.54. The molecular weight excluding hydrogens is 250 g/mol. The smallest absolute Gasteiger partial charge is 0.371 e. The topological polar surface area (TPSA) is 87.1 Å². The highest BCUT2D eigenvalue weighted by atomic mass is 16.5. The average Bonchev–Trinajstić information content (AvgIpc) is 2.39. The second-order valence-corrected chi connectivity index (χ2v) is 3.88. The first kappa shape index (κ1) is 14.6. The standard InChI is InChI=1S/C13H15NO5/c1-14(12(16)7-11(15)13(17)18)8-9-3-5-10(19-2)6-4-9/h3-7,15H,8H2,1-2H3,(H,17,18). The third-order valence-electron chi connectivity index (χ3n) is 2.43. The van der Waals surface area contributed by atoms with Crippen LogP contribution < -0.4 is 4.74 Å². The van der Waals surface area contributed by atoms with Crippen LogP contribution in [-0.2, 0) is 16.1 Å². The summed E-state index contributed by atoms with van der Waals surface area (Å²) in [5.74, 6) is -2.39. The summed E-state index contributed by atoms with van der Waals surface area (Å²) < 4.78 is 5.01. The Bertz CT molecular complexity index is 492. The second-order valence-electron chi connectivity index (χ2n) is 3.88. The van der Waals surface area contributed by atoms with Gasteiger partial charge in [-0.05, 0) is 17.7 Å². The van der Waals surface area contributed by atoms with E-state index in [1.54, 1.807) is 31.4 Å². The molecule has 1 aromatic carbocycles. The van der Waals surface area contributed by atoms with Crippen LogP contribution in [0.1, 0.15) is 5.56 Å². The zero-order valence-electron chi connectivity index (χ0n) is 10.7. The van der Waals surface area contributed by atoms with Crippen LogP contribution >= 0.6 is 0 Å². The number of hydrogen-bond acceptors (Lipinski definition) is 4. The Balaban J connectivity index is 2.68. The fraction of sp³-hybridized carbons (Fsp3) is 0.231. The number of likely N-dealkylation sites (N-methyl/N-ethyl adjacent to an activating group) is 1. The lowest BCUT2D eigenvalue weighted by Crippen LogP contribution is -2.25. The molecule has 0 aliphatic heterocycles. The molecule has 0 aliphatic rings. The summed E-state index contributed by atoms with van der Waals surface area (Å²) in [6, 6.07) is 7.11. The van der Waals surface area contributed by atoms with Crippen molar-refractivity contribution in [2.24, 2.45) is 0 Å². The van der Waals surface area contributed by atoms with E-state index in [-0.39, 0.29) is 0 Å². The first-order chi connectivity index (χ1) is 8.93. The second kappa shape index (κ2) is 6.44. The SMILES string of the molecule is COc1ccc(CN(C)C(=O)C=C(O)C(=O)O)cc1. The van der Waals surface area contributed by atoms with Crippen molar-refractivity contribution in [2.75, 3.05) is 14.2 Å². The lowest BCUT2D eigenvalue weighted by Gasteiger charge is -2.15. The summed E-state index contributed by atoms with van der Waals surface area (Å²) in [5.41, 5.74) is 0.861. The van der Waals surface area contributed by atoms with E-state index in [0.717, 1.165) is 5.56 Å². The minimum Gasteiger partial charge on any atom is -0.502 e. The van der Waals surface area contributed by atoms with Crippen molar-refractivity contribution in [3.63, 3.8) is 0 Å². The van der Waals surface area contributed by atoms with E-state index in [9.17, 15) is 9.59 Å². The van der Waals surface area contributed by atoms with Gasteiger partial charge in [0.25, 0.3) is 5.91 Å². The van der Waals surface area contributed by atoms with Gasteiger partial charge in [-0.2, -0.15) is 0 Å². The number of hydrogen-bond donors (Lipinski definition) is 2. The monoisotopic (exact) mass is 265 g/mol. The fourth-order valence-electron chi connectivity index (χ4n) is 1.37. The molecule has 6 heteroatoms. The van der Waals surface area contributed by atoms with Crippen molar-refractivity contribution in [1.29, 1.82) is 0 Å². The first-order valence-corrected chi connectivity index (χ1v) is 5.46. The molecule has 1 aromatic rings. The highest BCUT2D eigenvalue weighted by Gasteiger charge is 2.11. The zero-order valence-corrected chi connectivity index (χ0v) is 10.7. The molecule has 0 radical (unpaired) electrons. The molecule has 0 saturated carbocycles. The highest BCUT2D eigenvalue weighted by Crippen LogP contribution is 2.12. The third kappa shape index (κ3) is 4.34. The number of aliphatic hydroxyl groups excluding tert-OH is 1. The molecule has 19 heavy (non-hydrogen) atoms. The van der Waals surface area contributed by atoms with E-state index < -0.39 is 17.6 Å². The van der Waals surface area contributed by atoms with Crippen molar-refractivity contribution in [2.45, 2.75) is 6.54 Å². The lowest BCUT2D eigenvalue weighted by molar-refractivity contribution is -0.136. The van der Waals surface area contributed by atoms with Gasteiger partial charge in [-0.1, -0.05) is 12.1 Å². The number of aliphatic hydroxyl groups is 1. The van der Waals surface area contributed by atoms with Crippen LogP contribution in [0.3, 0.4) is 0 Å². The van der Waals surface area contributed by atoms with Gasteiger partial charge in [0.1, 0.15) is 5.75 Å². The Morgan fingerprint density at radius 1 is 1.26 bits per heavy atom. The molecule has 6 nitrogen and oxygen atoms in total. The van der Waals surface area contributed by atoms with Gasteiger partial charge in [0.15, 0.2) is 0 Å². The van der Waals surface area contributed by atoms with Crippen molar-refractivity contribution in [3.8, 4) is 5.75 Å². The predicted octanol–water partition coefficient (Wildman–Crippen LogP) is 1.18. The van der Waals surface area contributed by atoms with E-state index in [1.807, 2.05) is 0 Å². The number of rotatable bonds is 5. The molecule has 0 spiro atoms. The Kier molecular flexibility index (Phi) is 4.93. The number of amides is 1. The van der Waals surface area contributed by atoms with Crippen LogP contribution in [0.15, 0.2) is 36.1 Å². The molecule has 0 fully saturated rings. The Morgan fingerprint density at radius 3 is 2.32 bits per heavy atom. The lowest BCUT2D eigenvalue weighted by atomic mass is 10.2. The van der Waals surface area contributed by atoms with Gasteiger partial charge in [-0.3, -0.25) is 4.79 Å². The van der Waals surface area contributed by atoms with Crippen molar-refractivity contribution in [1.82, 2.24) is 4.90 Å². The molecule has 0 atom stereocenters. The molecule has 1 rings (SSSR count). The number of carbonyl (C=O) groups is 2. The van der Waals surface area contributed by atoms with Crippen LogP contribution in [0.4, 0.5) is 0 Å². The predicted molar refractivity (Wildman–Crippen MR) is 67.8 cm³/mol. The number of ether oxygens (including phenoxy) is 1. The normalized spacial score (nSPS) is 10.9. The Hall–Kier alpha value is -2.50. The van der Waals surface area contributed by atoms with Gasteiger partial charge in [-0.15, -0.1) is 0 Å². The van der Waals surface area contributed by atoms with Gasteiger partial charge >= 0.3 is 5.97 Å². The highest BCUT2D eigenvalue weighted by molar-refractivity contribution is 5.95. The number of carbonyl (C=O) groups excluding carboxylic acids is 1. The molecule has 2 N–H and O–H groups in total. The average molecular weight is 265 g/mol. The van der Waals surface area contributed by atoms with Crippen LogP contribution in [0.25, 0.3) is 0 Å². The van der Waals surface area contributed by atoms with E-state index >= 15 is 0 Å². The molecular formula is C13H15NO5. The molecule has 1 amide bonds. The maximum atomic E-state index is 11.6. The minimum absolute atomic E-state index is 0.298. The number of carboxylic acid groups (broad SMARTS) is 1. The quantitative estimate of drug-likeness (QED) is 0.616. The number of methoxy groups -OCH3 is 1. The number of carboxylic acids is 1. The Morgan fingerprint density at radius 2 is 1.84 bits per heavy atom. The molecule has 0 aliphatic carbocycles. The van der Waals surface area contributed by atoms with Gasteiger partial charge in [0, 0.05) is 13.6 Å². The van der Waals surface area contributed by atoms with Crippen molar-refractivity contribution >= 4 is 11.9 Å². The van der Waals surface area contributed by atoms with Gasteiger partial charge < -0.3 is 19.8 Å². The first-order valence-electron chi connectivity index (χ1n) is 5.46. The molecule has 0 heterocycles. The van der Waals surface area contributed by atoms with Gasteiger partial charge in [-0.25, -0.2) is 4.79 Å². The number of benzene rings is 1. The van der Waals surface area contributed by atoms with Gasteiger partial charge in [0.2, 0.25) is 5.76 Å². The number of nitrogens with zero attached hydrogens (tertiary/aromatic N) is 1. The van der Waals surface area contributed by atoms with E-state index in [0.29, 0.717) is 18.4 Å². The summed E-state index contributed by atoms with van der Waals surface area (Å²) in [4.78, 5) is 23.3. The van der Waals surface area contributed by atoms with Crippen molar-refractivity contribution in [3.05, 3.63) is 41.7 Å². The molecule has 102 valence electrons. The summed E-state index contributed by atoms with van der Waals surface area (Å²) >= 11 is 0. The largest absolute Gasteiger partial charge is 0.502 e. The van der Waals surface area contributed by atoms with Crippen LogP contribution in [0.5, 0.6) is 5.75 Å². The van der Waals surface area contributed by atoms with Crippen LogP contribution in [-0.4, -0.2) is 41.1 Å². The zero-order chi connectivity index (χ0) is 14.4. The summed E-state index contributed by atoms with van der Waals surface area (Å²) in [7, 11) is 3.07. The maximum Gasteiger partial charge on any atom is 0.371 e. The molecule has 0 unspecified atom stereocenters. The molecule has 0 bridgehead atoms. The summed E-state index contributed by atoms with van der Waals surface area (Å²) in [6.45, 7) is 0.298. The van der Waals surface area contributed by atoms with E-state index in [1.165, 1.54) is 11.9 Å². The van der Waals surface area contributed by atoms with E-state index in [4.69, 9.17) is 14.9 Å². The summed E-state index contributed by atoms with van der Waals surface area (Å²) in [6.07, 6.45) is 0.672. The van der Waals surface area contributed by atoms with E-state index in [2.05, 4.69) is 0 Å². The molecule has 0 saturated heterocycles. The molecule has 0 aromatic heterocycles. The third-order valence-corrected chi connectivity index (χ3v) is 2.43. The Labute approximate surface area is 110 Å². The maximum absolute atomic E-state index is 11.6. The fourth-order valence-corrected chi connectivity index (χ4v) is 1.37. The van der Waals surface area contributed by atoms with Gasteiger partial charge in [0.05, 0.1) is 13.2 Å². The number of aliphatic carboxylic acids is 1. The van der Waals surface area contributed by atoms with Crippen molar-refractivity contribution < 1.29 is 24.5 Å².